The Labute approximate surface area is 94.3 Å². The molecule has 0 aliphatic carbocycles. The zero-order chi connectivity index (χ0) is 10.9. The largest absolute Gasteiger partial charge is 0.376 e. The molecule has 2 atom stereocenters. The third-order valence-electron chi connectivity index (χ3n) is 3.13. The quantitative estimate of drug-likeness (QED) is 0.645. The fourth-order valence-electron chi connectivity index (χ4n) is 2.02. The van der Waals surface area contributed by atoms with E-state index in [9.17, 15) is 0 Å². The summed E-state index contributed by atoms with van der Waals surface area (Å²) < 4.78 is 11.6. The molecule has 0 radical (unpaired) electrons. The monoisotopic (exact) mass is 214 g/mol. The maximum absolute atomic E-state index is 5.91. The van der Waals surface area contributed by atoms with Crippen LogP contribution in [0.25, 0.3) is 0 Å². The summed E-state index contributed by atoms with van der Waals surface area (Å²) >= 11 is 0. The van der Waals surface area contributed by atoms with Crippen LogP contribution in [0.15, 0.2) is 0 Å². The maximum Gasteiger partial charge on any atom is 0.0808 e. The van der Waals surface area contributed by atoms with Crippen molar-refractivity contribution in [2.24, 2.45) is 0 Å². The Balaban J connectivity index is 2.09. The molecule has 0 amide bonds. The van der Waals surface area contributed by atoms with Gasteiger partial charge in [0.1, 0.15) is 0 Å². The predicted octanol–water partition coefficient (Wildman–Crippen LogP) is 3.54. The molecule has 15 heavy (non-hydrogen) atoms. The first kappa shape index (κ1) is 13.0. The molecule has 0 N–H and O–H groups in total. The van der Waals surface area contributed by atoms with Crippen molar-refractivity contribution in [1.82, 2.24) is 0 Å². The molecule has 0 aromatic heterocycles. The highest BCUT2D eigenvalue weighted by Gasteiger charge is 2.15. The standard InChI is InChI=1S/C13H26O2/c1-3-5-8-12(4-2)15-11-13-9-6-7-10-14-13/h12-13H,3-11H2,1-2H3. The lowest BCUT2D eigenvalue weighted by molar-refractivity contribution is -0.0654. The van der Waals surface area contributed by atoms with Crippen LogP contribution in [-0.2, 0) is 9.47 Å². The molecule has 1 rings (SSSR count). The van der Waals surface area contributed by atoms with Crippen molar-refractivity contribution in [2.45, 2.75) is 71.0 Å². The molecule has 0 saturated carbocycles. The van der Waals surface area contributed by atoms with Gasteiger partial charge in [0.05, 0.1) is 18.8 Å². The zero-order valence-corrected chi connectivity index (χ0v) is 10.3. The molecule has 1 saturated heterocycles. The third kappa shape index (κ3) is 5.53. The van der Waals surface area contributed by atoms with Gasteiger partial charge in [0.2, 0.25) is 0 Å². The van der Waals surface area contributed by atoms with Crippen LogP contribution in [0, 0.1) is 0 Å². The van der Waals surface area contributed by atoms with Gasteiger partial charge >= 0.3 is 0 Å². The van der Waals surface area contributed by atoms with Gasteiger partial charge in [0.15, 0.2) is 0 Å². The fourth-order valence-corrected chi connectivity index (χ4v) is 2.02. The molecular weight excluding hydrogens is 188 g/mol. The van der Waals surface area contributed by atoms with Gasteiger partial charge in [0, 0.05) is 6.61 Å². The molecule has 0 spiro atoms. The Hall–Kier alpha value is -0.0800. The number of rotatable bonds is 7. The molecule has 0 aromatic carbocycles. The lowest BCUT2D eigenvalue weighted by atomic mass is 10.1. The highest BCUT2D eigenvalue weighted by atomic mass is 16.5. The van der Waals surface area contributed by atoms with Gasteiger partial charge in [0.25, 0.3) is 0 Å². The molecule has 0 aromatic rings. The summed E-state index contributed by atoms with van der Waals surface area (Å²) in [5.41, 5.74) is 0. The second kappa shape index (κ2) is 8.12. The normalized spacial score (nSPS) is 24.0. The minimum Gasteiger partial charge on any atom is -0.376 e. The van der Waals surface area contributed by atoms with Crippen molar-refractivity contribution in [1.29, 1.82) is 0 Å². The Bertz CT molecular complexity index is 141. The number of hydrogen-bond donors (Lipinski definition) is 0. The molecule has 1 aliphatic heterocycles. The highest BCUT2D eigenvalue weighted by molar-refractivity contribution is 4.64. The fraction of sp³-hybridized carbons (Fsp3) is 1.00. The summed E-state index contributed by atoms with van der Waals surface area (Å²) in [6.45, 7) is 6.18. The van der Waals surface area contributed by atoms with Crippen LogP contribution in [0.4, 0.5) is 0 Å². The predicted molar refractivity (Wildman–Crippen MR) is 63.1 cm³/mol. The Morgan fingerprint density at radius 3 is 2.80 bits per heavy atom. The Morgan fingerprint density at radius 2 is 2.20 bits per heavy atom. The average Bonchev–Trinajstić information content (AvgIpc) is 2.31. The van der Waals surface area contributed by atoms with Gasteiger partial charge in [-0.25, -0.2) is 0 Å². The Morgan fingerprint density at radius 1 is 1.33 bits per heavy atom. The van der Waals surface area contributed by atoms with Crippen LogP contribution in [0.5, 0.6) is 0 Å². The van der Waals surface area contributed by atoms with E-state index in [4.69, 9.17) is 9.47 Å². The van der Waals surface area contributed by atoms with Crippen molar-refractivity contribution in [3.05, 3.63) is 0 Å². The molecule has 90 valence electrons. The maximum atomic E-state index is 5.91. The van der Waals surface area contributed by atoms with Gasteiger partial charge in [-0.05, 0) is 32.1 Å². The summed E-state index contributed by atoms with van der Waals surface area (Å²) in [5.74, 6) is 0. The second-order valence-electron chi connectivity index (χ2n) is 4.49. The van der Waals surface area contributed by atoms with Crippen molar-refractivity contribution in [3.8, 4) is 0 Å². The molecular formula is C13H26O2. The van der Waals surface area contributed by atoms with E-state index >= 15 is 0 Å². The second-order valence-corrected chi connectivity index (χ2v) is 4.49. The van der Waals surface area contributed by atoms with Gasteiger partial charge in [-0.1, -0.05) is 26.7 Å². The lowest BCUT2D eigenvalue weighted by Gasteiger charge is -2.25. The van der Waals surface area contributed by atoms with Crippen molar-refractivity contribution in [2.75, 3.05) is 13.2 Å². The minimum atomic E-state index is 0.370. The van der Waals surface area contributed by atoms with Crippen LogP contribution in [-0.4, -0.2) is 25.4 Å². The summed E-state index contributed by atoms with van der Waals surface area (Å²) in [5, 5.41) is 0. The van der Waals surface area contributed by atoms with Crippen LogP contribution >= 0.6 is 0 Å². The summed E-state index contributed by atoms with van der Waals surface area (Å²) in [6, 6.07) is 0. The highest BCUT2D eigenvalue weighted by Crippen LogP contribution is 2.15. The number of ether oxygens (including phenoxy) is 2. The summed E-state index contributed by atoms with van der Waals surface area (Å²) in [4.78, 5) is 0. The van der Waals surface area contributed by atoms with E-state index in [-0.39, 0.29) is 0 Å². The van der Waals surface area contributed by atoms with E-state index in [2.05, 4.69) is 13.8 Å². The smallest absolute Gasteiger partial charge is 0.0808 e. The van der Waals surface area contributed by atoms with Crippen molar-refractivity contribution >= 4 is 0 Å². The molecule has 0 bridgehead atoms. The zero-order valence-electron chi connectivity index (χ0n) is 10.3. The number of hydrogen-bond acceptors (Lipinski definition) is 2. The molecule has 2 heteroatoms. The number of unbranched alkanes of at least 4 members (excludes halogenated alkanes) is 1. The van der Waals surface area contributed by atoms with Crippen LogP contribution < -0.4 is 0 Å². The van der Waals surface area contributed by atoms with E-state index < -0.39 is 0 Å². The molecule has 1 heterocycles. The molecule has 1 aliphatic rings. The molecule has 2 unspecified atom stereocenters. The van der Waals surface area contributed by atoms with Crippen molar-refractivity contribution < 1.29 is 9.47 Å². The van der Waals surface area contributed by atoms with Crippen molar-refractivity contribution in [3.63, 3.8) is 0 Å². The lowest BCUT2D eigenvalue weighted by Crippen LogP contribution is -2.27. The van der Waals surface area contributed by atoms with Crippen LogP contribution in [0.1, 0.15) is 58.8 Å². The first-order valence-electron chi connectivity index (χ1n) is 6.60. The van der Waals surface area contributed by atoms with Gasteiger partial charge in [-0.2, -0.15) is 0 Å². The molecule has 1 fully saturated rings. The van der Waals surface area contributed by atoms with E-state index in [0.717, 1.165) is 19.6 Å². The summed E-state index contributed by atoms with van der Waals surface area (Å²) in [6.07, 6.45) is 9.42. The first-order chi connectivity index (χ1) is 7.36. The van der Waals surface area contributed by atoms with E-state index in [0.29, 0.717) is 12.2 Å². The Kier molecular flexibility index (Phi) is 7.03. The van der Waals surface area contributed by atoms with E-state index in [1.807, 2.05) is 0 Å². The van der Waals surface area contributed by atoms with Gasteiger partial charge in [-0.15, -0.1) is 0 Å². The van der Waals surface area contributed by atoms with Crippen LogP contribution in [0.2, 0.25) is 0 Å². The topological polar surface area (TPSA) is 18.5 Å². The summed E-state index contributed by atoms with van der Waals surface area (Å²) in [7, 11) is 0. The van der Waals surface area contributed by atoms with E-state index in [1.54, 1.807) is 0 Å². The SMILES string of the molecule is CCCCC(CC)OCC1CCCCO1. The average molecular weight is 214 g/mol. The van der Waals surface area contributed by atoms with Crippen LogP contribution in [0.3, 0.4) is 0 Å². The van der Waals surface area contributed by atoms with Gasteiger partial charge in [-0.3, -0.25) is 0 Å². The molecule has 2 nitrogen and oxygen atoms in total. The minimum absolute atomic E-state index is 0.370. The third-order valence-corrected chi connectivity index (χ3v) is 3.13. The first-order valence-corrected chi connectivity index (χ1v) is 6.60. The van der Waals surface area contributed by atoms with Gasteiger partial charge < -0.3 is 9.47 Å². The van der Waals surface area contributed by atoms with E-state index in [1.165, 1.54) is 38.5 Å².